The SMILES string of the molecule is CCCCC(CCN)P(C)C. The quantitative estimate of drug-likeness (QED) is 0.617. The molecule has 0 amide bonds. The second-order valence-electron chi connectivity index (χ2n) is 3.34. The van der Waals surface area contributed by atoms with Gasteiger partial charge >= 0.3 is 0 Å². The highest BCUT2D eigenvalue weighted by atomic mass is 31.1. The highest BCUT2D eigenvalue weighted by Gasteiger charge is 2.10. The topological polar surface area (TPSA) is 26.0 Å². The number of rotatable bonds is 6. The number of unbranched alkanes of at least 4 members (excludes halogenated alkanes) is 1. The minimum absolute atomic E-state index is 0.239. The molecule has 0 aromatic rings. The average molecular weight is 175 g/mol. The summed E-state index contributed by atoms with van der Waals surface area (Å²) >= 11 is 0. The second-order valence-corrected chi connectivity index (χ2v) is 5.99. The first-order valence-electron chi connectivity index (χ1n) is 4.58. The van der Waals surface area contributed by atoms with E-state index >= 15 is 0 Å². The Kier molecular flexibility index (Phi) is 7.31. The largest absolute Gasteiger partial charge is 0.330 e. The normalized spacial score (nSPS) is 13.9. The fourth-order valence-corrected chi connectivity index (χ4v) is 2.66. The molecule has 0 saturated carbocycles. The Morgan fingerprint density at radius 3 is 2.27 bits per heavy atom. The van der Waals surface area contributed by atoms with E-state index in [2.05, 4.69) is 20.3 Å². The van der Waals surface area contributed by atoms with Crippen LogP contribution in [-0.4, -0.2) is 25.5 Å². The van der Waals surface area contributed by atoms with Gasteiger partial charge in [-0.25, -0.2) is 0 Å². The number of nitrogens with two attached hydrogens (primary N) is 1. The molecule has 2 N–H and O–H groups in total. The van der Waals surface area contributed by atoms with E-state index in [0.717, 1.165) is 12.2 Å². The van der Waals surface area contributed by atoms with Crippen molar-refractivity contribution in [1.82, 2.24) is 0 Å². The van der Waals surface area contributed by atoms with Gasteiger partial charge in [0, 0.05) is 0 Å². The van der Waals surface area contributed by atoms with Crippen LogP contribution in [-0.2, 0) is 0 Å². The second kappa shape index (κ2) is 7.06. The molecular weight excluding hydrogens is 153 g/mol. The predicted molar refractivity (Wildman–Crippen MR) is 55.8 cm³/mol. The summed E-state index contributed by atoms with van der Waals surface area (Å²) < 4.78 is 0. The number of hydrogen-bond acceptors (Lipinski definition) is 1. The molecule has 0 saturated heterocycles. The van der Waals surface area contributed by atoms with Gasteiger partial charge in [0.05, 0.1) is 0 Å². The van der Waals surface area contributed by atoms with Crippen LogP contribution in [0.2, 0.25) is 0 Å². The van der Waals surface area contributed by atoms with Crippen LogP contribution in [0.15, 0.2) is 0 Å². The summed E-state index contributed by atoms with van der Waals surface area (Å²) in [6.07, 6.45) is 5.33. The van der Waals surface area contributed by atoms with Crippen LogP contribution in [0.1, 0.15) is 32.6 Å². The summed E-state index contributed by atoms with van der Waals surface area (Å²) in [6.45, 7) is 7.86. The molecule has 2 heteroatoms. The van der Waals surface area contributed by atoms with E-state index in [1.807, 2.05) is 0 Å². The lowest BCUT2D eigenvalue weighted by atomic mass is 10.1. The summed E-state index contributed by atoms with van der Waals surface area (Å²) in [5.41, 5.74) is 6.48. The zero-order valence-electron chi connectivity index (χ0n) is 8.14. The van der Waals surface area contributed by atoms with Crippen molar-refractivity contribution in [3.8, 4) is 0 Å². The summed E-state index contributed by atoms with van der Waals surface area (Å²) in [6, 6.07) is 0. The molecule has 1 nitrogen and oxygen atoms in total. The van der Waals surface area contributed by atoms with Gasteiger partial charge in [0.25, 0.3) is 0 Å². The first-order chi connectivity index (χ1) is 5.22. The van der Waals surface area contributed by atoms with Gasteiger partial charge < -0.3 is 5.73 Å². The third kappa shape index (κ3) is 5.64. The molecule has 0 aliphatic rings. The lowest BCUT2D eigenvalue weighted by Crippen LogP contribution is -2.11. The molecule has 0 bridgehead atoms. The van der Waals surface area contributed by atoms with Gasteiger partial charge in [-0.3, -0.25) is 0 Å². The summed E-state index contributed by atoms with van der Waals surface area (Å²) in [5, 5.41) is 0. The molecule has 0 aliphatic heterocycles. The standard InChI is InChI=1S/C9H22NP/c1-4-5-6-9(7-8-10)11(2)3/h9H,4-8,10H2,1-3H3. The molecule has 0 aliphatic carbocycles. The van der Waals surface area contributed by atoms with Gasteiger partial charge in [-0.15, -0.1) is 7.92 Å². The van der Waals surface area contributed by atoms with Crippen LogP contribution in [0.5, 0.6) is 0 Å². The highest BCUT2D eigenvalue weighted by Crippen LogP contribution is 2.37. The smallest absolute Gasteiger partial charge is 0.00713 e. The van der Waals surface area contributed by atoms with Crippen molar-refractivity contribution in [1.29, 1.82) is 0 Å². The van der Waals surface area contributed by atoms with Gasteiger partial charge in [0.15, 0.2) is 0 Å². The van der Waals surface area contributed by atoms with Gasteiger partial charge in [0.2, 0.25) is 0 Å². The first-order valence-corrected chi connectivity index (χ1v) is 6.89. The Bertz CT molecular complexity index is 83.6. The third-order valence-electron chi connectivity index (χ3n) is 2.12. The fraction of sp³-hybridized carbons (Fsp3) is 1.00. The van der Waals surface area contributed by atoms with Crippen molar-refractivity contribution in [3.05, 3.63) is 0 Å². The average Bonchev–Trinajstić information content (AvgIpc) is 1.97. The Morgan fingerprint density at radius 1 is 1.27 bits per heavy atom. The molecule has 0 rings (SSSR count). The van der Waals surface area contributed by atoms with Crippen molar-refractivity contribution in [2.24, 2.45) is 5.73 Å². The first kappa shape index (κ1) is 11.4. The van der Waals surface area contributed by atoms with Crippen molar-refractivity contribution in [2.45, 2.75) is 38.3 Å². The molecule has 0 aromatic heterocycles. The van der Waals surface area contributed by atoms with Gasteiger partial charge in [-0.05, 0) is 38.4 Å². The molecule has 1 atom stereocenters. The molecule has 1 unspecified atom stereocenters. The maximum Gasteiger partial charge on any atom is -0.00713 e. The van der Waals surface area contributed by atoms with Crippen molar-refractivity contribution < 1.29 is 0 Å². The monoisotopic (exact) mass is 175 g/mol. The Balaban J connectivity index is 3.51. The van der Waals surface area contributed by atoms with E-state index in [4.69, 9.17) is 5.73 Å². The molecular formula is C9H22NP. The minimum Gasteiger partial charge on any atom is -0.330 e. The van der Waals surface area contributed by atoms with E-state index < -0.39 is 0 Å². The van der Waals surface area contributed by atoms with Gasteiger partial charge in [0.1, 0.15) is 0 Å². The van der Waals surface area contributed by atoms with E-state index in [-0.39, 0.29) is 7.92 Å². The molecule has 68 valence electrons. The molecule has 0 radical (unpaired) electrons. The van der Waals surface area contributed by atoms with Crippen molar-refractivity contribution in [3.63, 3.8) is 0 Å². The van der Waals surface area contributed by atoms with Crippen LogP contribution in [0, 0.1) is 0 Å². The molecule has 0 heterocycles. The van der Waals surface area contributed by atoms with Gasteiger partial charge in [-0.1, -0.05) is 19.8 Å². The van der Waals surface area contributed by atoms with Gasteiger partial charge in [-0.2, -0.15) is 0 Å². The van der Waals surface area contributed by atoms with E-state index in [1.54, 1.807) is 0 Å². The predicted octanol–water partition coefficient (Wildman–Crippen LogP) is 2.64. The third-order valence-corrected chi connectivity index (χ3v) is 4.10. The highest BCUT2D eigenvalue weighted by molar-refractivity contribution is 7.56. The summed E-state index contributed by atoms with van der Waals surface area (Å²) in [7, 11) is 0.239. The zero-order chi connectivity index (χ0) is 8.69. The Hall–Kier alpha value is 0.390. The van der Waals surface area contributed by atoms with Crippen LogP contribution < -0.4 is 5.73 Å². The molecule has 0 spiro atoms. The Labute approximate surface area is 72.5 Å². The minimum atomic E-state index is 0.239. The molecule has 11 heavy (non-hydrogen) atoms. The van der Waals surface area contributed by atoms with Crippen molar-refractivity contribution in [2.75, 3.05) is 19.9 Å². The lowest BCUT2D eigenvalue weighted by Gasteiger charge is -2.19. The zero-order valence-corrected chi connectivity index (χ0v) is 9.03. The van der Waals surface area contributed by atoms with E-state index in [9.17, 15) is 0 Å². The fourth-order valence-electron chi connectivity index (χ4n) is 1.29. The van der Waals surface area contributed by atoms with Crippen LogP contribution in [0.3, 0.4) is 0 Å². The summed E-state index contributed by atoms with van der Waals surface area (Å²) in [5.74, 6) is 0. The van der Waals surface area contributed by atoms with E-state index in [1.165, 1.54) is 25.7 Å². The summed E-state index contributed by atoms with van der Waals surface area (Å²) in [4.78, 5) is 0. The lowest BCUT2D eigenvalue weighted by molar-refractivity contribution is 0.646. The van der Waals surface area contributed by atoms with Crippen molar-refractivity contribution >= 4 is 7.92 Å². The van der Waals surface area contributed by atoms with Crippen LogP contribution >= 0.6 is 7.92 Å². The number of hydrogen-bond donors (Lipinski definition) is 1. The Morgan fingerprint density at radius 2 is 1.91 bits per heavy atom. The van der Waals surface area contributed by atoms with E-state index in [0.29, 0.717) is 0 Å². The van der Waals surface area contributed by atoms with Crippen LogP contribution in [0.25, 0.3) is 0 Å². The maximum absolute atomic E-state index is 5.55. The molecule has 0 fully saturated rings. The van der Waals surface area contributed by atoms with Crippen LogP contribution in [0.4, 0.5) is 0 Å². The molecule has 0 aromatic carbocycles. The maximum atomic E-state index is 5.55.